The summed E-state index contributed by atoms with van der Waals surface area (Å²) in [7, 11) is -2.42. The summed E-state index contributed by atoms with van der Waals surface area (Å²) in [5, 5.41) is 6.87. The monoisotopic (exact) mass is 330 g/mol. The predicted molar refractivity (Wildman–Crippen MR) is 80.0 cm³/mol. The Bertz CT molecular complexity index is 758. The number of H-pyrrole nitrogens is 1. The molecule has 7 nitrogen and oxygen atoms in total. The smallest absolute Gasteiger partial charge is 0.265 e. The third kappa shape index (κ3) is 3.12. The summed E-state index contributed by atoms with van der Waals surface area (Å²) in [6, 6.07) is 4.65. The molecule has 1 aromatic heterocycles. The molecular formula is C12H15ClN4O3S. The number of methoxy groups -OCH3 is 1. The predicted octanol–water partition coefficient (Wildman–Crippen LogP) is 1.64. The van der Waals surface area contributed by atoms with Crippen molar-refractivity contribution in [2.45, 2.75) is 18.4 Å². The fourth-order valence-electron chi connectivity index (χ4n) is 1.92. The first kappa shape index (κ1) is 15.6. The lowest BCUT2D eigenvalue weighted by atomic mass is 10.3. The van der Waals surface area contributed by atoms with Crippen LogP contribution in [0, 0.1) is 6.92 Å². The van der Waals surface area contributed by atoms with E-state index >= 15 is 0 Å². The fraction of sp³-hybridized carbons (Fsp3) is 0.250. The van der Waals surface area contributed by atoms with Gasteiger partial charge in [0.2, 0.25) is 0 Å². The first-order chi connectivity index (χ1) is 9.89. The molecule has 0 fully saturated rings. The summed E-state index contributed by atoms with van der Waals surface area (Å²) in [6.07, 6.45) is 0. The topological polar surface area (TPSA) is 110 Å². The second-order valence-corrected chi connectivity index (χ2v) is 6.33. The number of halogens is 1. The molecule has 21 heavy (non-hydrogen) atoms. The fourth-order valence-corrected chi connectivity index (χ4v) is 3.53. The third-order valence-corrected chi connectivity index (χ3v) is 4.63. The number of ether oxygens (including phenoxy) is 1. The Morgan fingerprint density at radius 1 is 1.48 bits per heavy atom. The Labute approximate surface area is 127 Å². The van der Waals surface area contributed by atoms with Gasteiger partial charge in [0.1, 0.15) is 10.6 Å². The molecule has 1 heterocycles. The highest BCUT2D eigenvalue weighted by molar-refractivity contribution is 7.92. The number of hydrogen-bond acceptors (Lipinski definition) is 5. The maximum Gasteiger partial charge on any atom is 0.265 e. The molecule has 0 bridgehead atoms. The molecule has 0 amide bonds. The van der Waals surface area contributed by atoms with E-state index in [0.717, 1.165) is 0 Å². The maximum absolute atomic E-state index is 12.5. The van der Waals surface area contributed by atoms with Crippen LogP contribution in [0.4, 0.5) is 5.69 Å². The number of benzene rings is 1. The third-order valence-electron chi connectivity index (χ3n) is 2.83. The number of aromatic amines is 1. The number of aromatic nitrogens is 2. The van der Waals surface area contributed by atoms with Gasteiger partial charge in [-0.25, -0.2) is 8.42 Å². The van der Waals surface area contributed by atoms with Gasteiger partial charge in [0, 0.05) is 11.6 Å². The molecule has 4 N–H and O–H groups in total. The molecule has 9 heteroatoms. The molecule has 1 aromatic carbocycles. The van der Waals surface area contributed by atoms with E-state index in [9.17, 15) is 8.42 Å². The molecule has 2 rings (SSSR count). The van der Waals surface area contributed by atoms with Crippen molar-refractivity contribution in [2.75, 3.05) is 11.8 Å². The van der Waals surface area contributed by atoms with E-state index in [1.165, 1.54) is 13.2 Å². The van der Waals surface area contributed by atoms with Gasteiger partial charge < -0.3 is 10.5 Å². The van der Waals surface area contributed by atoms with E-state index in [2.05, 4.69) is 14.9 Å². The molecule has 0 spiro atoms. The Kier molecular flexibility index (Phi) is 4.40. The molecule has 0 aliphatic carbocycles. The molecular weight excluding hydrogens is 316 g/mol. The van der Waals surface area contributed by atoms with Gasteiger partial charge in [0.15, 0.2) is 0 Å². The molecule has 0 saturated heterocycles. The van der Waals surface area contributed by atoms with Crippen LogP contribution in [0.25, 0.3) is 0 Å². The summed E-state index contributed by atoms with van der Waals surface area (Å²) < 4.78 is 32.6. The van der Waals surface area contributed by atoms with Crippen LogP contribution in [0.1, 0.15) is 11.4 Å². The summed E-state index contributed by atoms with van der Waals surface area (Å²) in [5.41, 5.74) is 6.43. The van der Waals surface area contributed by atoms with Crippen molar-refractivity contribution in [3.8, 4) is 5.75 Å². The Morgan fingerprint density at radius 3 is 2.81 bits per heavy atom. The maximum atomic E-state index is 12.5. The number of aryl methyl sites for hydroxylation is 1. The molecule has 0 saturated carbocycles. The van der Waals surface area contributed by atoms with Gasteiger partial charge in [-0.2, -0.15) is 5.10 Å². The van der Waals surface area contributed by atoms with E-state index in [4.69, 9.17) is 22.1 Å². The minimum absolute atomic E-state index is 0.00721. The van der Waals surface area contributed by atoms with Crippen molar-refractivity contribution in [1.82, 2.24) is 10.2 Å². The zero-order valence-electron chi connectivity index (χ0n) is 11.5. The normalized spacial score (nSPS) is 11.4. The summed E-state index contributed by atoms with van der Waals surface area (Å²) in [4.78, 5) is 0.0343. The second kappa shape index (κ2) is 5.92. The van der Waals surface area contributed by atoms with Gasteiger partial charge in [-0.15, -0.1) is 0 Å². The van der Waals surface area contributed by atoms with Gasteiger partial charge in [-0.05, 0) is 25.1 Å². The van der Waals surface area contributed by atoms with Crippen molar-refractivity contribution < 1.29 is 13.2 Å². The van der Waals surface area contributed by atoms with Crippen LogP contribution in [0.15, 0.2) is 23.1 Å². The van der Waals surface area contributed by atoms with Crippen molar-refractivity contribution in [2.24, 2.45) is 5.73 Å². The molecule has 114 valence electrons. The van der Waals surface area contributed by atoms with Crippen LogP contribution in [-0.2, 0) is 16.6 Å². The highest BCUT2D eigenvalue weighted by Gasteiger charge is 2.24. The summed E-state index contributed by atoms with van der Waals surface area (Å²) in [5.74, 6) is 0.360. The standard InChI is InChI=1S/C12H15ClN4O3S/c1-7-12(10(6-14)16-15-7)21(18,19)17-9-5-8(13)3-4-11(9)20-2/h3-5,17H,6,14H2,1-2H3,(H,15,16). The van der Waals surface area contributed by atoms with Crippen LogP contribution in [-0.4, -0.2) is 25.7 Å². The minimum Gasteiger partial charge on any atom is -0.495 e. The number of nitrogens with one attached hydrogen (secondary N) is 2. The van der Waals surface area contributed by atoms with Crippen molar-refractivity contribution in [3.63, 3.8) is 0 Å². The van der Waals surface area contributed by atoms with Crippen molar-refractivity contribution >= 4 is 27.3 Å². The van der Waals surface area contributed by atoms with Gasteiger partial charge in [-0.1, -0.05) is 11.6 Å². The molecule has 2 aromatic rings. The highest BCUT2D eigenvalue weighted by Crippen LogP contribution is 2.30. The molecule has 0 aliphatic heterocycles. The number of nitrogens with two attached hydrogens (primary N) is 1. The second-order valence-electron chi connectivity index (χ2n) is 4.28. The Morgan fingerprint density at radius 2 is 2.19 bits per heavy atom. The first-order valence-corrected chi connectivity index (χ1v) is 7.85. The zero-order valence-corrected chi connectivity index (χ0v) is 13.0. The number of hydrogen-bond donors (Lipinski definition) is 3. The van der Waals surface area contributed by atoms with Crippen molar-refractivity contribution in [3.05, 3.63) is 34.6 Å². The summed E-state index contributed by atoms with van der Waals surface area (Å²) in [6.45, 7) is 1.61. The molecule has 0 unspecified atom stereocenters. The minimum atomic E-state index is -3.86. The number of anilines is 1. The number of nitrogens with zero attached hydrogens (tertiary/aromatic N) is 1. The van der Waals surface area contributed by atoms with Gasteiger partial charge in [0.25, 0.3) is 10.0 Å². The van der Waals surface area contributed by atoms with Crippen LogP contribution >= 0.6 is 11.6 Å². The Hall–Kier alpha value is -1.77. The average Bonchev–Trinajstić information content (AvgIpc) is 2.80. The van der Waals surface area contributed by atoms with E-state index in [1.807, 2.05) is 0 Å². The van der Waals surface area contributed by atoms with Crippen LogP contribution in [0.5, 0.6) is 5.75 Å². The molecule has 0 radical (unpaired) electrons. The quantitative estimate of drug-likeness (QED) is 0.772. The lowest BCUT2D eigenvalue weighted by Crippen LogP contribution is -2.17. The van der Waals surface area contributed by atoms with E-state index in [0.29, 0.717) is 16.5 Å². The van der Waals surface area contributed by atoms with Gasteiger partial charge in [-0.3, -0.25) is 9.82 Å². The molecule has 0 atom stereocenters. The lowest BCUT2D eigenvalue weighted by Gasteiger charge is -2.12. The number of rotatable bonds is 5. The highest BCUT2D eigenvalue weighted by atomic mass is 35.5. The SMILES string of the molecule is COc1ccc(Cl)cc1NS(=O)(=O)c1c(CN)n[nH]c1C. The van der Waals surface area contributed by atoms with E-state index in [1.54, 1.807) is 19.1 Å². The number of sulfonamides is 1. The lowest BCUT2D eigenvalue weighted by molar-refractivity contribution is 0.417. The first-order valence-electron chi connectivity index (χ1n) is 5.99. The average molecular weight is 331 g/mol. The molecule has 0 aliphatic rings. The van der Waals surface area contributed by atoms with Crippen LogP contribution in [0.3, 0.4) is 0 Å². The summed E-state index contributed by atoms with van der Waals surface area (Å²) >= 11 is 5.89. The van der Waals surface area contributed by atoms with E-state index in [-0.39, 0.29) is 22.8 Å². The largest absolute Gasteiger partial charge is 0.495 e. The van der Waals surface area contributed by atoms with Gasteiger partial charge >= 0.3 is 0 Å². The van der Waals surface area contributed by atoms with E-state index < -0.39 is 10.0 Å². The Balaban J connectivity index is 2.47. The van der Waals surface area contributed by atoms with Crippen LogP contribution in [0.2, 0.25) is 5.02 Å². The van der Waals surface area contributed by atoms with Crippen LogP contribution < -0.4 is 15.2 Å². The van der Waals surface area contributed by atoms with Gasteiger partial charge in [0.05, 0.1) is 24.2 Å². The van der Waals surface area contributed by atoms with Crippen molar-refractivity contribution in [1.29, 1.82) is 0 Å². The zero-order chi connectivity index (χ0) is 15.6.